The van der Waals surface area contributed by atoms with Crippen LogP contribution in [-0.4, -0.2) is 55.4 Å². The zero-order valence-electron chi connectivity index (χ0n) is 11.7. The second-order valence-electron chi connectivity index (χ2n) is 5.94. The highest BCUT2D eigenvalue weighted by atomic mass is 32.2. The smallest absolute Gasteiger partial charge is 0.214 e. The molecule has 5 nitrogen and oxygen atoms in total. The second kappa shape index (κ2) is 6.52. The lowest BCUT2D eigenvalue weighted by molar-refractivity contribution is 0.0628. The number of hydrogen-bond acceptors (Lipinski definition) is 4. The summed E-state index contributed by atoms with van der Waals surface area (Å²) >= 11 is 0. The average molecular weight is 290 g/mol. The van der Waals surface area contributed by atoms with Gasteiger partial charge in [0.15, 0.2) is 0 Å². The third kappa shape index (κ3) is 4.15. The number of nitrogens with zero attached hydrogens (tertiary/aromatic N) is 1. The molecule has 0 aromatic heterocycles. The van der Waals surface area contributed by atoms with Crippen molar-refractivity contribution in [2.24, 2.45) is 5.92 Å². The Bertz CT molecular complexity index is 379. The quantitative estimate of drug-likeness (QED) is 0.793. The summed E-state index contributed by atoms with van der Waals surface area (Å²) in [5, 5.41) is 13.1. The van der Waals surface area contributed by atoms with Crippen LogP contribution in [0.2, 0.25) is 0 Å². The molecule has 2 aliphatic heterocycles. The van der Waals surface area contributed by atoms with E-state index in [9.17, 15) is 13.5 Å². The van der Waals surface area contributed by atoms with Crippen molar-refractivity contribution in [3.05, 3.63) is 0 Å². The molecule has 0 aromatic rings. The monoisotopic (exact) mass is 290 g/mol. The van der Waals surface area contributed by atoms with Gasteiger partial charge in [0.05, 0.1) is 11.9 Å². The summed E-state index contributed by atoms with van der Waals surface area (Å²) in [4.78, 5) is 0. The fourth-order valence-electron chi connectivity index (χ4n) is 2.94. The Morgan fingerprint density at radius 3 is 2.74 bits per heavy atom. The zero-order chi connectivity index (χ0) is 13.9. The van der Waals surface area contributed by atoms with E-state index in [1.807, 2.05) is 6.92 Å². The molecule has 0 spiro atoms. The molecule has 0 amide bonds. The lowest BCUT2D eigenvalue weighted by Gasteiger charge is -2.34. The molecule has 2 N–H and O–H groups in total. The highest BCUT2D eigenvalue weighted by Crippen LogP contribution is 2.20. The van der Waals surface area contributed by atoms with Crippen LogP contribution in [0.5, 0.6) is 0 Å². The van der Waals surface area contributed by atoms with Gasteiger partial charge in [0, 0.05) is 19.1 Å². The van der Waals surface area contributed by atoms with Crippen LogP contribution in [0, 0.1) is 5.92 Å². The van der Waals surface area contributed by atoms with Crippen molar-refractivity contribution in [2.45, 2.75) is 51.2 Å². The molecule has 6 heteroatoms. The van der Waals surface area contributed by atoms with E-state index in [-0.39, 0.29) is 17.8 Å². The summed E-state index contributed by atoms with van der Waals surface area (Å²) < 4.78 is 26.2. The average Bonchev–Trinajstić information content (AvgIpc) is 2.41. The van der Waals surface area contributed by atoms with Gasteiger partial charge >= 0.3 is 0 Å². The van der Waals surface area contributed by atoms with Crippen LogP contribution in [-0.2, 0) is 10.0 Å². The minimum atomic E-state index is -3.16. The standard InChI is InChI=1S/C13H26N2O3S/c1-11-10-15(8-5-13(11)16)19(17,18)9-6-12-4-2-3-7-14-12/h11-14,16H,2-10H2,1H3. The number of aliphatic hydroxyl groups excluding tert-OH is 1. The van der Waals surface area contributed by atoms with Gasteiger partial charge in [-0.3, -0.25) is 0 Å². The van der Waals surface area contributed by atoms with Gasteiger partial charge in [0.25, 0.3) is 0 Å². The number of aliphatic hydroxyl groups is 1. The maximum Gasteiger partial charge on any atom is 0.214 e. The first kappa shape index (κ1) is 15.2. The van der Waals surface area contributed by atoms with E-state index in [4.69, 9.17) is 0 Å². The van der Waals surface area contributed by atoms with E-state index in [1.54, 1.807) is 4.31 Å². The summed E-state index contributed by atoms with van der Waals surface area (Å²) in [5.41, 5.74) is 0. The molecule has 3 unspecified atom stereocenters. The van der Waals surface area contributed by atoms with E-state index in [2.05, 4.69) is 5.32 Å². The van der Waals surface area contributed by atoms with E-state index >= 15 is 0 Å². The van der Waals surface area contributed by atoms with Crippen molar-refractivity contribution in [3.63, 3.8) is 0 Å². The van der Waals surface area contributed by atoms with Gasteiger partial charge < -0.3 is 10.4 Å². The molecular formula is C13H26N2O3S. The Kier molecular flexibility index (Phi) is 5.22. The van der Waals surface area contributed by atoms with Crippen LogP contribution in [0.25, 0.3) is 0 Å². The fourth-order valence-corrected chi connectivity index (χ4v) is 4.62. The number of nitrogens with one attached hydrogen (secondary N) is 1. The van der Waals surface area contributed by atoms with Crippen molar-refractivity contribution >= 4 is 10.0 Å². The lowest BCUT2D eigenvalue weighted by Crippen LogP contribution is -2.46. The Balaban J connectivity index is 1.84. The number of piperidine rings is 2. The summed E-state index contributed by atoms with van der Waals surface area (Å²) in [5.74, 6) is 0.268. The molecule has 2 saturated heterocycles. The molecule has 0 radical (unpaired) electrons. The second-order valence-corrected chi connectivity index (χ2v) is 8.03. The molecule has 0 aromatic carbocycles. The van der Waals surface area contributed by atoms with E-state index in [1.165, 1.54) is 12.8 Å². The molecule has 0 aliphatic carbocycles. The third-order valence-electron chi connectivity index (χ3n) is 4.35. The van der Waals surface area contributed by atoms with E-state index in [0.29, 0.717) is 32.0 Å². The largest absolute Gasteiger partial charge is 0.393 e. The molecular weight excluding hydrogens is 264 g/mol. The first-order valence-electron chi connectivity index (χ1n) is 7.38. The maximum absolute atomic E-state index is 12.3. The Morgan fingerprint density at radius 1 is 1.32 bits per heavy atom. The van der Waals surface area contributed by atoms with Gasteiger partial charge in [0.2, 0.25) is 10.0 Å². The number of sulfonamides is 1. The van der Waals surface area contributed by atoms with Gasteiger partial charge in [-0.2, -0.15) is 0 Å². The third-order valence-corrected chi connectivity index (χ3v) is 6.22. The van der Waals surface area contributed by atoms with E-state index in [0.717, 1.165) is 13.0 Å². The normalized spacial score (nSPS) is 34.3. The predicted octanol–water partition coefficient (Wildman–Crippen LogP) is 0.551. The molecule has 0 bridgehead atoms. The molecule has 2 rings (SSSR count). The molecule has 0 saturated carbocycles. The summed E-state index contributed by atoms with van der Waals surface area (Å²) in [6, 6.07) is 0.358. The first-order chi connectivity index (χ1) is 8.99. The molecule has 2 aliphatic rings. The van der Waals surface area contributed by atoms with Crippen molar-refractivity contribution in [2.75, 3.05) is 25.4 Å². The van der Waals surface area contributed by atoms with Gasteiger partial charge in [-0.05, 0) is 38.1 Å². The Labute approximate surface area is 116 Å². The van der Waals surface area contributed by atoms with Crippen molar-refractivity contribution in [3.8, 4) is 0 Å². The highest BCUT2D eigenvalue weighted by molar-refractivity contribution is 7.89. The number of rotatable bonds is 4. The van der Waals surface area contributed by atoms with Crippen LogP contribution in [0.15, 0.2) is 0 Å². The first-order valence-corrected chi connectivity index (χ1v) is 8.99. The molecule has 3 atom stereocenters. The molecule has 2 fully saturated rings. The Hall–Kier alpha value is -0.170. The van der Waals surface area contributed by atoms with E-state index < -0.39 is 10.0 Å². The topological polar surface area (TPSA) is 69.6 Å². The highest BCUT2D eigenvalue weighted by Gasteiger charge is 2.31. The van der Waals surface area contributed by atoms with Crippen LogP contribution in [0.4, 0.5) is 0 Å². The van der Waals surface area contributed by atoms with Gasteiger partial charge in [0.1, 0.15) is 0 Å². The number of hydrogen-bond donors (Lipinski definition) is 2. The summed E-state index contributed by atoms with van der Waals surface area (Å²) in [6.45, 7) is 3.85. The van der Waals surface area contributed by atoms with Crippen molar-refractivity contribution in [1.82, 2.24) is 9.62 Å². The van der Waals surface area contributed by atoms with Gasteiger partial charge in [-0.15, -0.1) is 0 Å². The zero-order valence-corrected chi connectivity index (χ0v) is 12.5. The molecule has 2 heterocycles. The van der Waals surface area contributed by atoms with Crippen molar-refractivity contribution in [1.29, 1.82) is 0 Å². The van der Waals surface area contributed by atoms with Gasteiger partial charge in [-0.1, -0.05) is 13.3 Å². The fraction of sp³-hybridized carbons (Fsp3) is 1.00. The summed E-state index contributed by atoms with van der Waals surface area (Å²) in [7, 11) is -3.16. The SMILES string of the molecule is CC1CN(S(=O)(=O)CCC2CCCCN2)CCC1O. The Morgan fingerprint density at radius 2 is 2.11 bits per heavy atom. The maximum atomic E-state index is 12.3. The minimum Gasteiger partial charge on any atom is -0.393 e. The van der Waals surface area contributed by atoms with Crippen LogP contribution in [0.1, 0.15) is 39.0 Å². The van der Waals surface area contributed by atoms with Crippen molar-refractivity contribution < 1.29 is 13.5 Å². The van der Waals surface area contributed by atoms with Crippen LogP contribution >= 0.6 is 0 Å². The van der Waals surface area contributed by atoms with Crippen LogP contribution in [0.3, 0.4) is 0 Å². The molecule has 19 heavy (non-hydrogen) atoms. The van der Waals surface area contributed by atoms with Gasteiger partial charge in [-0.25, -0.2) is 12.7 Å². The minimum absolute atomic E-state index is 0.0383. The molecule has 112 valence electrons. The predicted molar refractivity (Wildman–Crippen MR) is 75.4 cm³/mol. The van der Waals surface area contributed by atoms with Crippen LogP contribution < -0.4 is 5.32 Å². The lowest BCUT2D eigenvalue weighted by atomic mass is 9.99. The summed E-state index contributed by atoms with van der Waals surface area (Å²) in [6.07, 6.45) is 4.39.